The predicted octanol–water partition coefficient (Wildman–Crippen LogP) is 5.38. The van der Waals surface area contributed by atoms with Crippen LogP contribution in [0.4, 0.5) is 5.69 Å². The van der Waals surface area contributed by atoms with Gasteiger partial charge in [0.2, 0.25) is 5.91 Å². The minimum Gasteiger partial charge on any atom is -0.456 e. The molecule has 3 aromatic rings. The first-order valence-electron chi connectivity index (χ1n) is 10.1. The Labute approximate surface area is 174 Å². The van der Waals surface area contributed by atoms with E-state index in [1.165, 1.54) is 0 Å². The third-order valence-corrected chi connectivity index (χ3v) is 6.50. The van der Waals surface area contributed by atoms with Gasteiger partial charge in [-0.2, -0.15) is 0 Å². The molecule has 0 bridgehead atoms. The number of carbonyl (C=O) groups is 1. The fourth-order valence-electron chi connectivity index (χ4n) is 3.96. The van der Waals surface area contributed by atoms with Gasteiger partial charge in [-0.3, -0.25) is 4.79 Å². The Morgan fingerprint density at radius 2 is 1.90 bits per heavy atom. The topological polar surface area (TPSA) is 55.3 Å². The lowest BCUT2D eigenvalue weighted by Gasteiger charge is -2.36. The third-order valence-electron chi connectivity index (χ3n) is 5.63. The van der Waals surface area contributed by atoms with Crippen LogP contribution in [0.1, 0.15) is 36.8 Å². The van der Waals surface area contributed by atoms with Crippen molar-refractivity contribution in [2.75, 3.05) is 4.90 Å². The van der Waals surface area contributed by atoms with Crippen molar-refractivity contribution >= 4 is 22.9 Å². The summed E-state index contributed by atoms with van der Waals surface area (Å²) in [6.07, 6.45) is 3.81. The van der Waals surface area contributed by atoms with Crippen LogP contribution in [-0.4, -0.2) is 22.1 Å². The van der Waals surface area contributed by atoms with Gasteiger partial charge >= 0.3 is 0 Å². The van der Waals surface area contributed by atoms with E-state index < -0.39 is 0 Å². The molecule has 148 valence electrons. The fourth-order valence-corrected chi connectivity index (χ4v) is 4.68. The van der Waals surface area contributed by atoms with Gasteiger partial charge in [0.25, 0.3) is 0 Å². The maximum Gasteiger partial charge on any atom is 0.230 e. The lowest BCUT2D eigenvalue weighted by Crippen LogP contribution is -2.43. The van der Waals surface area contributed by atoms with Crippen molar-refractivity contribution in [2.45, 2.75) is 45.6 Å². The molecule has 1 unspecified atom stereocenters. The molecule has 1 saturated carbocycles. The standard InChI is InChI=1S/C23H23N3O2S/c1-14-8-11-18-20(26(14)23(27)16-9-10-16)13-12-19(22-25-24-15(2)29-22)21(18)28-17-6-4-3-5-7-17/h3-7,12-14,16H,8-11H2,1-2H3. The average Bonchev–Trinajstić information content (AvgIpc) is 3.49. The average molecular weight is 406 g/mol. The zero-order valence-corrected chi connectivity index (χ0v) is 17.4. The summed E-state index contributed by atoms with van der Waals surface area (Å²) in [4.78, 5) is 15.0. The van der Waals surface area contributed by atoms with Gasteiger partial charge in [-0.15, -0.1) is 10.2 Å². The number of aryl methyl sites for hydroxylation is 1. The highest BCUT2D eigenvalue weighted by molar-refractivity contribution is 7.14. The zero-order valence-electron chi connectivity index (χ0n) is 16.6. The molecule has 0 saturated heterocycles. The van der Waals surface area contributed by atoms with Gasteiger partial charge in [0.1, 0.15) is 16.5 Å². The second-order valence-electron chi connectivity index (χ2n) is 7.85. The number of fused-ring (bicyclic) bond motifs is 1. The van der Waals surface area contributed by atoms with Crippen molar-refractivity contribution in [2.24, 2.45) is 5.92 Å². The van der Waals surface area contributed by atoms with Crippen LogP contribution in [0.2, 0.25) is 0 Å². The van der Waals surface area contributed by atoms with E-state index in [1.54, 1.807) is 11.3 Å². The molecule has 1 amide bonds. The van der Waals surface area contributed by atoms with Gasteiger partial charge in [-0.05, 0) is 63.8 Å². The van der Waals surface area contributed by atoms with E-state index >= 15 is 0 Å². The molecule has 6 heteroatoms. The summed E-state index contributed by atoms with van der Waals surface area (Å²) >= 11 is 1.56. The number of para-hydroxylation sites is 1. The molecule has 1 atom stereocenters. The van der Waals surface area contributed by atoms with Crippen molar-refractivity contribution in [3.63, 3.8) is 0 Å². The largest absolute Gasteiger partial charge is 0.456 e. The number of hydrogen-bond donors (Lipinski definition) is 0. The van der Waals surface area contributed by atoms with E-state index in [0.29, 0.717) is 0 Å². The van der Waals surface area contributed by atoms with Crippen LogP contribution in [0, 0.1) is 12.8 Å². The lowest BCUT2D eigenvalue weighted by molar-refractivity contribution is -0.120. The Kier molecular flexibility index (Phi) is 4.59. The Bertz CT molecular complexity index is 1060. The molecule has 29 heavy (non-hydrogen) atoms. The van der Waals surface area contributed by atoms with E-state index in [1.807, 2.05) is 48.2 Å². The van der Waals surface area contributed by atoms with Gasteiger partial charge in [-0.1, -0.05) is 29.5 Å². The highest BCUT2D eigenvalue weighted by Crippen LogP contribution is 2.46. The molecule has 0 N–H and O–H groups in total. The number of amides is 1. The first-order chi connectivity index (χ1) is 14.1. The van der Waals surface area contributed by atoms with E-state index in [-0.39, 0.29) is 17.9 Å². The maximum atomic E-state index is 13.0. The lowest BCUT2D eigenvalue weighted by atomic mass is 9.93. The molecule has 0 spiro atoms. The number of ether oxygens (including phenoxy) is 1. The Balaban J connectivity index is 1.65. The molecule has 5 rings (SSSR count). The summed E-state index contributed by atoms with van der Waals surface area (Å²) in [6.45, 7) is 4.10. The van der Waals surface area contributed by atoms with Crippen molar-refractivity contribution < 1.29 is 9.53 Å². The number of benzene rings is 2. The number of nitrogens with zero attached hydrogens (tertiary/aromatic N) is 3. The molecule has 2 aromatic carbocycles. The van der Waals surface area contributed by atoms with E-state index in [9.17, 15) is 4.79 Å². The summed E-state index contributed by atoms with van der Waals surface area (Å²) in [7, 11) is 0. The monoisotopic (exact) mass is 405 g/mol. The molecule has 2 aliphatic rings. The van der Waals surface area contributed by atoms with Gasteiger partial charge < -0.3 is 9.64 Å². The van der Waals surface area contributed by atoms with Crippen molar-refractivity contribution in [1.29, 1.82) is 0 Å². The Morgan fingerprint density at radius 3 is 2.59 bits per heavy atom. The van der Waals surface area contributed by atoms with Crippen molar-refractivity contribution in [3.8, 4) is 22.1 Å². The fraction of sp³-hybridized carbons (Fsp3) is 0.348. The zero-order chi connectivity index (χ0) is 20.0. The minimum absolute atomic E-state index is 0.187. The summed E-state index contributed by atoms with van der Waals surface area (Å²) < 4.78 is 6.41. The summed E-state index contributed by atoms with van der Waals surface area (Å²) in [5.74, 6) is 2.02. The molecule has 1 aromatic heterocycles. The predicted molar refractivity (Wildman–Crippen MR) is 115 cm³/mol. The van der Waals surface area contributed by atoms with Gasteiger partial charge in [0.15, 0.2) is 5.01 Å². The molecule has 2 heterocycles. The van der Waals surface area contributed by atoms with Gasteiger partial charge in [0.05, 0.1) is 11.3 Å². The van der Waals surface area contributed by atoms with Crippen LogP contribution >= 0.6 is 11.3 Å². The van der Waals surface area contributed by atoms with Crippen LogP contribution in [0.5, 0.6) is 11.5 Å². The number of carbonyl (C=O) groups excluding carboxylic acids is 1. The van der Waals surface area contributed by atoms with Gasteiger partial charge in [0, 0.05) is 17.5 Å². The third kappa shape index (κ3) is 3.42. The first-order valence-corrected chi connectivity index (χ1v) is 11.0. The number of hydrogen-bond acceptors (Lipinski definition) is 5. The summed E-state index contributed by atoms with van der Waals surface area (Å²) in [5.41, 5.74) is 3.01. The van der Waals surface area contributed by atoms with Crippen LogP contribution in [0.3, 0.4) is 0 Å². The molecule has 1 aliphatic heterocycles. The minimum atomic E-state index is 0.187. The first kappa shape index (κ1) is 18.3. The second kappa shape index (κ2) is 7.26. The van der Waals surface area contributed by atoms with Gasteiger partial charge in [-0.25, -0.2) is 0 Å². The summed E-state index contributed by atoms with van der Waals surface area (Å²) in [6, 6.07) is 14.1. The molecule has 0 radical (unpaired) electrons. The molecule has 1 fully saturated rings. The second-order valence-corrected chi connectivity index (χ2v) is 9.03. The number of aromatic nitrogens is 2. The van der Waals surface area contributed by atoms with E-state index in [2.05, 4.69) is 23.2 Å². The van der Waals surface area contributed by atoms with Crippen LogP contribution in [0.15, 0.2) is 42.5 Å². The number of rotatable bonds is 4. The highest BCUT2D eigenvalue weighted by Gasteiger charge is 2.39. The Hall–Kier alpha value is -2.73. The SMILES string of the molecule is Cc1nnc(-c2ccc3c(c2Oc2ccccc2)CCC(C)N3C(=O)C2CC2)s1. The highest BCUT2D eigenvalue weighted by atomic mass is 32.1. The van der Waals surface area contributed by atoms with E-state index in [4.69, 9.17) is 4.74 Å². The smallest absolute Gasteiger partial charge is 0.230 e. The Morgan fingerprint density at radius 1 is 1.10 bits per heavy atom. The van der Waals surface area contributed by atoms with E-state index in [0.717, 1.165) is 64.0 Å². The van der Waals surface area contributed by atoms with Crippen molar-refractivity contribution in [1.82, 2.24) is 10.2 Å². The summed E-state index contributed by atoms with van der Waals surface area (Å²) in [5, 5.41) is 10.3. The molecular weight excluding hydrogens is 382 g/mol. The van der Waals surface area contributed by atoms with Crippen LogP contribution in [-0.2, 0) is 11.2 Å². The quantitative estimate of drug-likeness (QED) is 0.584. The normalized spacial score (nSPS) is 18.4. The van der Waals surface area contributed by atoms with Crippen molar-refractivity contribution in [3.05, 3.63) is 53.0 Å². The maximum absolute atomic E-state index is 13.0. The van der Waals surface area contributed by atoms with Crippen LogP contribution in [0.25, 0.3) is 10.6 Å². The number of anilines is 1. The van der Waals surface area contributed by atoms with Crippen LogP contribution < -0.4 is 9.64 Å². The molecule has 5 nitrogen and oxygen atoms in total. The molecular formula is C23H23N3O2S. The molecule has 1 aliphatic carbocycles.